The number of benzene rings is 1. The Labute approximate surface area is 207 Å². The van der Waals surface area contributed by atoms with E-state index in [1.54, 1.807) is 26.0 Å². The number of nitrogens with zero attached hydrogens (tertiary/aromatic N) is 1. The van der Waals surface area contributed by atoms with E-state index in [0.29, 0.717) is 33.8 Å². The Kier molecular flexibility index (Phi) is 5.65. The number of fused-ring (bicyclic) bond motifs is 3. The highest BCUT2D eigenvalue weighted by atomic mass is 16.5. The highest BCUT2D eigenvalue weighted by molar-refractivity contribution is 6.24. The summed E-state index contributed by atoms with van der Waals surface area (Å²) >= 11 is 0. The van der Waals surface area contributed by atoms with E-state index in [9.17, 15) is 29.1 Å². The molecule has 0 spiro atoms. The van der Waals surface area contributed by atoms with Crippen molar-refractivity contribution in [1.82, 2.24) is 4.90 Å². The number of ketones is 2. The molecule has 4 unspecified atom stereocenters. The zero-order chi connectivity index (χ0) is 25.9. The maximum Gasteiger partial charge on any atom is 0.423 e. The third-order valence-electron chi connectivity index (χ3n) is 7.54. The molecule has 0 radical (unpaired) electrons. The first-order valence-corrected chi connectivity index (χ1v) is 11.8. The summed E-state index contributed by atoms with van der Waals surface area (Å²) in [6.07, 6.45) is 2.44. The van der Waals surface area contributed by atoms with Gasteiger partial charge in [-0.1, -0.05) is 17.7 Å². The van der Waals surface area contributed by atoms with Crippen molar-refractivity contribution < 1.29 is 38.6 Å². The normalized spacial score (nSPS) is 27.2. The van der Waals surface area contributed by atoms with Gasteiger partial charge in [0.15, 0.2) is 23.1 Å². The van der Waals surface area contributed by atoms with Gasteiger partial charge in [0.05, 0.1) is 25.6 Å². The minimum absolute atomic E-state index is 0.0627. The van der Waals surface area contributed by atoms with Crippen LogP contribution in [0.3, 0.4) is 0 Å². The summed E-state index contributed by atoms with van der Waals surface area (Å²) in [7, 11) is 1.10. The van der Waals surface area contributed by atoms with Crippen molar-refractivity contribution in [3.8, 4) is 11.5 Å². The average Bonchev–Trinajstić information content (AvgIpc) is 3.12. The van der Waals surface area contributed by atoms with E-state index in [4.69, 9.17) is 4.74 Å². The lowest BCUT2D eigenvalue weighted by molar-refractivity contribution is -0.137. The molecule has 0 aromatic heterocycles. The van der Waals surface area contributed by atoms with Crippen molar-refractivity contribution in [3.63, 3.8) is 0 Å². The molecule has 1 saturated heterocycles. The molecule has 4 aliphatic rings. The molecule has 36 heavy (non-hydrogen) atoms. The number of aromatic hydroxyl groups is 1. The molecule has 4 atom stereocenters. The van der Waals surface area contributed by atoms with Gasteiger partial charge in [-0.3, -0.25) is 19.2 Å². The van der Waals surface area contributed by atoms with Crippen LogP contribution in [0.4, 0.5) is 4.79 Å². The van der Waals surface area contributed by atoms with E-state index in [1.165, 1.54) is 12.1 Å². The van der Waals surface area contributed by atoms with E-state index in [2.05, 4.69) is 4.74 Å². The molecule has 3 amide bonds. The van der Waals surface area contributed by atoms with Crippen LogP contribution in [0.2, 0.25) is 0 Å². The molecule has 1 aliphatic heterocycles. The molecule has 1 N–H and O–H groups in total. The molecule has 1 fully saturated rings. The fraction of sp³-hybridized carbons (Fsp3) is 0.370. The molecule has 1 aromatic carbocycles. The number of rotatable bonds is 3. The molecular formula is C27H25NO8. The zero-order valence-corrected chi connectivity index (χ0v) is 20.1. The van der Waals surface area contributed by atoms with Gasteiger partial charge in [-0.25, -0.2) is 4.79 Å². The Morgan fingerprint density at radius 1 is 1.14 bits per heavy atom. The predicted octanol–water partition coefficient (Wildman–Crippen LogP) is 2.99. The number of hydrogen-bond acceptors (Lipinski definition) is 8. The Bertz CT molecular complexity index is 1330. The number of allylic oxidation sites excluding steroid dienone is 6. The number of amides is 3. The van der Waals surface area contributed by atoms with Crippen molar-refractivity contribution in [2.45, 2.75) is 32.6 Å². The van der Waals surface area contributed by atoms with Gasteiger partial charge >= 0.3 is 6.09 Å². The van der Waals surface area contributed by atoms with Gasteiger partial charge in [0, 0.05) is 22.6 Å². The van der Waals surface area contributed by atoms with Gasteiger partial charge in [0.2, 0.25) is 11.8 Å². The summed E-state index contributed by atoms with van der Waals surface area (Å²) in [4.78, 5) is 65.6. The molecule has 186 valence electrons. The van der Waals surface area contributed by atoms with Crippen LogP contribution in [0, 0.1) is 17.8 Å². The molecule has 5 rings (SSSR count). The summed E-state index contributed by atoms with van der Waals surface area (Å²) < 4.78 is 10.2. The molecule has 9 nitrogen and oxygen atoms in total. The summed E-state index contributed by atoms with van der Waals surface area (Å²) in [6.45, 7) is 3.68. The number of likely N-dealkylation sites (tertiary alicyclic amines) is 1. The van der Waals surface area contributed by atoms with Gasteiger partial charge in [-0.05, 0) is 56.4 Å². The van der Waals surface area contributed by atoms with Gasteiger partial charge in [-0.15, -0.1) is 0 Å². The molecule has 3 aliphatic carbocycles. The summed E-state index contributed by atoms with van der Waals surface area (Å²) in [5, 5.41) is 10.2. The van der Waals surface area contributed by atoms with Crippen LogP contribution >= 0.6 is 0 Å². The lowest BCUT2D eigenvalue weighted by Gasteiger charge is -2.42. The van der Waals surface area contributed by atoms with E-state index in [1.807, 2.05) is 6.08 Å². The lowest BCUT2D eigenvalue weighted by Crippen LogP contribution is -2.40. The molecular weight excluding hydrogens is 466 g/mol. The third-order valence-corrected chi connectivity index (χ3v) is 7.54. The molecule has 1 aromatic rings. The van der Waals surface area contributed by atoms with Crippen LogP contribution in [0.1, 0.15) is 38.2 Å². The lowest BCUT2D eigenvalue weighted by atomic mass is 9.59. The first kappa shape index (κ1) is 23.7. The second-order valence-corrected chi connectivity index (χ2v) is 9.37. The number of hydrogen-bond donors (Lipinski definition) is 1. The van der Waals surface area contributed by atoms with Gasteiger partial charge in [0.1, 0.15) is 0 Å². The number of carbonyl (C=O) groups excluding carboxylic acids is 5. The second-order valence-electron chi connectivity index (χ2n) is 9.37. The molecule has 9 heteroatoms. The van der Waals surface area contributed by atoms with E-state index in [0.717, 1.165) is 12.7 Å². The molecule has 0 bridgehead atoms. The van der Waals surface area contributed by atoms with Crippen molar-refractivity contribution in [2.24, 2.45) is 17.8 Å². The Morgan fingerprint density at radius 3 is 2.58 bits per heavy atom. The van der Waals surface area contributed by atoms with Crippen molar-refractivity contribution >= 4 is 29.5 Å². The zero-order valence-electron chi connectivity index (χ0n) is 20.1. The van der Waals surface area contributed by atoms with Gasteiger partial charge in [-0.2, -0.15) is 4.90 Å². The molecule has 0 saturated carbocycles. The molecule has 1 heterocycles. The van der Waals surface area contributed by atoms with Crippen molar-refractivity contribution in [2.75, 3.05) is 13.7 Å². The van der Waals surface area contributed by atoms with Crippen molar-refractivity contribution in [3.05, 3.63) is 58.2 Å². The minimum Gasteiger partial charge on any atom is -0.504 e. The smallest absolute Gasteiger partial charge is 0.423 e. The van der Waals surface area contributed by atoms with E-state index >= 15 is 0 Å². The van der Waals surface area contributed by atoms with Crippen LogP contribution in [0.25, 0.3) is 0 Å². The van der Waals surface area contributed by atoms with Gasteiger partial charge in [0.25, 0.3) is 0 Å². The minimum atomic E-state index is -1.03. The largest absolute Gasteiger partial charge is 0.504 e. The predicted molar refractivity (Wildman–Crippen MR) is 125 cm³/mol. The van der Waals surface area contributed by atoms with E-state index in [-0.39, 0.29) is 35.9 Å². The summed E-state index contributed by atoms with van der Waals surface area (Å²) in [6, 6.07) is 4.77. The Balaban J connectivity index is 1.68. The quantitative estimate of drug-likeness (QED) is 0.388. The van der Waals surface area contributed by atoms with Crippen LogP contribution in [0.15, 0.2) is 52.6 Å². The number of phenolic OH excluding ortho intramolecular Hbond substituents is 1. The highest BCUT2D eigenvalue weighted by Crippen LogP contribution is 2.55. The maximum atomic E-state index is 13.4. The van der Waals surface area contributed by atoms with Crippen LogP contribution in [-0.4, -0.2) is 53.2 Å². The van der Waals surface area contributed by atoms with Crippen LogP contribution < -0.4 is 4.74 Å². The average molecular weight is 491 g/mol. The fourth-order valence-electron chi connectivity index (χ4n) is 5.99. The number of carbonyl (C=O) groups is 5. The number of imide groups is 3. The number of Topliss-reactive ketones (excluding diaryl/α,β-unsaturated/α-hetero) is 1. The standard InChI is InChI=1S/C27H25NO8/c1-4-36-20-10-13(5-8-18(20)29)21-14-6-7-15-22(26(33)28(25(15)32)27(34)35-3)16(14)11-17-19(30)9-12(2)24(31)23(17)21/h5-6,8-10,15-16,21-22,29H,4,7,11H2,1-3H3. The first-order chi connectivity index (χ1) is 17.2. The van der Waals surface area contributed by atoms with Gasteiger partial charge < -0.3 is 14.6 Å². The Morgan fingerprint density at radius 2 is 1.89 bits per heavy atom. The fourth-order valence-corrected chi connectivity index (χ4v) is 5.99. The number of methoxy groups -OCH3 is 1. The van der Waals surface area contributed by atoms with Crippen molar-refractivity contribution in [1.29, 1.82) is 0 Å². The topological polar surface area (TPSA) is 127 Å². The van der Waals surface area contributed by atoms with Crippen LogP contribution in [-0.2, 0) is 23.9 Å². The van der Waals surface area contributed by atoms with E-state index < -0.39 is 41.6 Å². The summed E-state index contributed by atoms with van der Waals surface area (Å²) in [5.74, 6) is -4.50. The van der Waals surface area contributed by atoms with Crippen LogP contribution in [0.5, 0.6) is 11.5 Å². The third kappa shape index (κ3) is 3.33. The second kappa shape index (κ2) is 8.58. The summed E-state index contributed by atoms with van der Waals surface area (Å²) in [5.41, 5.74) is 2.34. The highest BCUT2D eigenvalue weighted by Gasteiger charge is 2.58. The number of phenols is 1. The monoisotopic (exact) mass is 491 g/mol. The Hall–Kier alpha value is -4.01. The maximum absolute atomic E-state index is 13.4. The first-order valence-electron chi connectivity index (χ1n) is 11.8. The number of ether oxygens (including phenoxy) is 2. The SMILES string of the molecule is CCOc1cc(C2C3=CCC4C(=O)N(C(=O)OC)C(=O)C4C3CC3=C2C(=O)C(C)=CC3=O)ccc1O.